The topological polar surface area (TPSA) is 65.1 Å². The molecule has 120 valence electrons. The highest BCUT2D eigenvalue weighted by Crippen LogP contribution is 2.18. The number of nitrogens with zero attached hydrogens (tertiary/aromatic N) is 5. The molecular formula is C16H11F2N5O. The van der Waals surface area contributed by atoms with Gasteiger partial charge in [0, 0.05) is 6.20 Å². The van der Waals surface area contributed by atoms with Crippen LogP contribution in [0.5, 0.6) is 0 Å². The van der Waals surface area contributed by atoms with Crippen LogP contribution in [0.25, 0.3) is 22.4 Å². The Morgan fingerprint density at radius 3 is 2.67 bits per heavy atom. The van der Waals surface area contributed by atoms with Crippen molar-refractivity contribution in [2.24, 2.45) is 0 Å². The van der Waals surface area contributed by atoms with Crippen LogP contribution in [0.1, 0.15) is 11.5 Å². The Labute approximate surface area is 134 Å². The molecule has 8 heteroatoms. The van der Waals surface area contributed by atoms with E-state index in [4.69, 9.17) is 0 Å². The molecule has 0 spiro atoms. The molecule has 4 aromatic rings. The van der Waals surface area contributed by atoms with Crippen LogP contribution in [0, 0.1) is 25.5 Å². The summed E-state index contributed by atoms with van der Waals surface area (Å²) in [6, 6.07) is 5.29. The highest BCUT2D eigenvalue weighted by Gasteiger charge is 2.16. The molecule has 0 aliphatic rings. The van der Waals surface area contributed by atoms with Crippen LogP contribution in [0.15, 0.2) is 35.3 Å². The van der Waals surface area contributed by atoms with Crippen LogP contribution in [0.2, 0.25) is 0 Å². The van der Waals surface area contributed by atoms with Crippen molar-refractivity contribution in [1.82, 2.24) is 24.1 Å². The summed E-state index contributed by atoms with van der Waals surface area (Å²) in [5, 5.41) is 4.49. The van der Waals surface area contributed by atoms with Crippen molar-refractivity contribution in [3.8, 4) is 5.69 Å². The van der Waals surface area contributed by atoms with Gasteiger partial charge in [0.05, 0.1) is 22.3 Å². The summed E-state index contributed by atoms with van der Waals surface area (Å²) in [6.07, 6.45) is 1.39. The molecule has 0 atom stereocenters. The fourth-order valence-electron chi connectivity index (χ4n) is 2.75. The molecule has 3 heterocycles. The van der Waals surface area contributed by atoms with Gasteiger partial charge in [0.25, 0.3) is 11.3 Å². The van der Waals surface area contributed by atoms with E-state index in [0.29, 0.717) is 22.8 Å². The first-order valence-corrected chi connectivity index (χ1v) is 7.17. The number of fused-ring (bicyclic) bond motifs is 3. The molecule has 0 bridgehead atoms. The summed E-state index contributed by atoms with van der Waals surface area (Å²) in [5.41, 5.74) is 0.297. The summed E-state index contributed by atoms with van der Waals surface area (Å²) in [4.78, 5) is 21.3. The van der Waals surface area contributed by atoms with Crippen molar-refractivity contribution >= 4 is 16.7 Å². The lowest BCUT2D eigenvalue weighted by atomic mass is 10.2. The maximum Gasteiger partial charge on any atom is 0.266 e. The van der Waals surface area contributed by atoms with E-state index < -0.39 is 17.2 Å². The third kappa shape index (κ3) is 1.92. The molecule has 0 radical (unpaired) electrons. The standard InChI is InChI=1S/C16H11F2N5O/c1-8-13-11(23-16(19-8)20-9(2)21-23)6-7-22(15(13)24)12-5-3-4-10(17)14(12)18/h3-7H,1-2H3. The highest BCUT2D eigenvalue weighted by molar-refractivity contribution is 5.82. The quantitative estimate of drug-likeness (QED) is 0.538. The predicted octanol–water partition coefficient (Wildman–Crippen LogP) is 2.32. The van der Waals surface area contributed by atoms with E-state index in [9.17, 15) is 13.6 Å². The highest BCUT2D eigenvalue weighted by atomic mass is 19.2. The third-order valence-electron chi connectivity index (χ3n) is 3.81. The molecule has 0 unspecified atom stereocenters. The Morgan fingerprint density at radius 1 is 1.08 bits per heavy atom. The fraction of sp³-hybridized carbons (Fsp3) is 0.125. The lowest BCUT2D eigenvalue weighted by Crippen LogP contribution is -2.21. The summed E-state index contributed by atoms with van der Waals surface area (Å²) < 4.78 is 30.0. The molecule has 24 heavy (non-hydrogen) atoms. The summed E-state index contributed by atoms with van der Waals surface area (Å²) in [7, 11) is 0. The Kier molecular flexibility index (Phi) is 2.96. The van der Waals surface area contributed by atoms with E-state index in [1.165, 1.54) is 22.8 Å². The van der Waals surface area contributed by atoms with E-state index in [0.717, 1.165) is 10.6 Å². The number of rotatable bonds is 1. The van der Waals surface area contributed by atoms with Gasteiger partial charge < -0.3 is 0 Å². The van der Waals surface area contributed by atoms with E-state index in [1.807, 2.05) is 0 Å². The smallest absolute Gasteiger partial charge is 0.266 e. The molecule has 4 rings (SSSR count). The molecule has 0 fully saturated rings. The average molecular weight is 327 g/mol. The van der Waals surface area contributed by atoms with Crippen LogP contribution < -0.4 is 5.56 Å². The van der Waals surface area contributed by atoms with E-state index >= 15 is 0 Å². The van der Waals surface area contributed by atoms with Crippen LogP contribution in [-0.2, 0) is 0 Å². The van der Waals surface area contributed by atoms with Crippen molar-refractivity contribution in [1.29, 1.82) is 0 Å². The minimum atomic E-state index is -1.08. The van der Waals surface area contributed by atoms with Gasteiger partial charge in [-0.25, -0.2) is 13.8 Å². The zero-order valence-electron chi connectivity index (χ0n) is 12.8. The van der Waals surface area contributed by atoms with Crippen molar-refractivity contribution in [3.63, 3.8) is 0 Å². The van der Waals surface area contributed by atoms with Gasteiger partial charge in [0.2, 0.25) is 0 Å². The fourth-order valence-corrected chi connectivity index (χ4v) is 2.75. The number of halogens is 2. The van der Waals surface area contributed by atoms with Crippen LogP contribution in [0.4, 0.5) is 8.78 Å². The number of aromatic nitrogens is 5. The maximum atomic E-state index is 14.0. The molecule has 0 amide bonds. The van der Waals surface area contributed by atoms with E-state index in [2.05, 4.69) is 15.1 Å². The van der Waals surface area contributed by atoms with Gasteiger partial charge in [0.15, 0.2) is 11.6 Å². The molecule has 0 saturated heterocycles. The lowest BCUT2D eigenvalue weighted by Gasteiger charge is -2.10. The van der Waals surface area contributed by atoms with Crippen molar-refractivity contribution in [2.45, 2.75) is 13.8 Å². The second kappa shape index (κ2) is 4.92. The average Bonchev–Trinajstić information content (AvgIpc) is 2.91. The van der Waals surface area contributed by atoms with Crippen molar-refractivity contribution in [3.05, 3.63) is 64.0 Å². The Bertz CT molecular complexity index is 1180. The minimum absolute atomic E-state index is 0.156. The molecule has 1 aromatic carbocycles. The van der Waals surface area contributed by atoms with Gasteiger partial charge in [-0.1, -0.05) is 6.07 Å². The molecule has 0 aliphatic heterocycles. The number of hydrogen-bond donors (Lipinski definition) is 0. The number of aryl methyl sites for hydroxylation is 2. The Morgan fingerprint density at radius 2 is 1.88 bits per heavy atom. The van der Waals surface area contributed by atoms with Gasteiger partial charge in [-0.15, -0.1) is 5.10 Å². The monoisotopic (exact) mass is 327 g/mol. The zero-order valence-corrected chi connectivity index (χ0v) is 12.8. The summed E-state index contributed by atoms with van der Waals surface area (Å²) in [6.45, 7) is 3.39. The largest absolute Gasteiger partial charge is 0.281 e. The first kappa shape index (κ1) is 14.4. The maximum absolute atomic E-state index is 14.0. The molecule has 3 aromatic heterocycles. The van der Waals surface area contributed by atoms with Crippen LogP contribution in [-0.4, -0.2) is 24.1 Å². The number of hydrogen-bond acceptors (Lipinski definition) is 4. The SMILES string of the molecule is Cc1nc2nc(C)c3c(=O)n(-c4cccc(F)c4F)ccc3n2n1. The van der Waals surface area contributed by atoms with Gasteiger partial charge in [0.1, 0.15) is 5.82 Å². The van der Waals surface area contributed by atoms with E-state index in [-0.39, 0.29) is 11.1 Å². The predicted molar refractivity (Wildman–Crippen MR) is 83.3 cm³/mol. The number of benzene rings is 1. The van der Waals surface area contributed by atoms with Gasteiger partial charge in [-0.2, -0.15) is 9.50 Å². The minimum Gasteiger partial charge on any atom is -0.281 e. The van der Waals surface area contributed by atoms with Crippen LogP contribution in [0.3, 0.4) is 0 Å². The summed E-state index contributed by atoms with van der Waals surface area (Å²) in [5.74, 6) is -1.19. The summed E-state index contributed by atoms with van der Waals surface area (Å²) >= 11 is 0. The molecule has 0 N–H and O–H groups in total. The first-order valence-electron chi connectivity index (χ1n) is 7.17. The van der Waals surface area contributed by atoms with Crippen molar-refractivity contribution < 1.29 is 8.78 Å². The normalized spacial score (nSPS) is 11.5. The zero-order chi connectivity index (χ0) is 17.0. The van der Waals surface area contributed by atoms with Gasteiger partial charge in [-0.05, 0) is 32.0 Å². The van der Waals surface area contributed by atoms with Crippen molar-refractivity contribution in [2.75, 3.05) is 0 Å². The molecular weight excluding hydrogens is 316 g/mol. The second-order valence-electron chi connectivity index (χ2n) is 5.39. The van der Waals surface area contributed by atoms with Gasteiger partial charge >= 0.3 is 0 Å². The Hall–Kier alpha value is -3.16. The first-order chi connectivity index (χ1) is 11.5. The van der Waals surface area contributed by atoms with E-state index in [1.54, 1.807) is 19.9 Å². The van der Waals surface area contributed by atoms with Gasteiger partial charge in [-0.3, -0.25) is 9.36 Å². The molecule has 0 aliphatic carbocycles. The van der Waals surface area contributed by atoms with Crippen LogP contribution >= 0.6 is 0 Å². The molecule has 0 saturated carbocycles. The molecule has 6 nitrogen and oxygen atoms in total. The second-order valence-corrected chi connectivity index (χ2v) is 5.39. The number of pyridine rings is 1. The Balaban J connectivity index is 2.13. The third-order valence-corrected chi connectivity index (χ3v) is 3.81. The lowest BCUT2D eigenvalue weighted by molar-refractivity contribution is 0.503.